The molecule has 32 heavy (non-hydrogen) atoms. The van der Waals surface area contributed by atoms with E-state index in [1.807, 2.05) is 37.3 Å². The monoisotopic (exact) mass is 428 g/mol. The number of aromatic carboxylic acids is 1. The Hall–Kier alpha value is -4.39. The normalized spacial score (nSPS) is 11.1. The van der Waals surface area contributed by atoms with Crippen LogP contribution in [0.15, 0.2) is 76.2 Å². The molecule has 0 aliphatic heterocycles. The molecule has 0 saturated carbocycles. The largest absolute Gasteiger partial charge is 0.496 e. The number of hydrogen-bond donors (Lipinski definition) is 2. The molecule has 1 heterocycles. The summed E-state index contributed by atoms with van der Waals surface area (Å²) in [5, 5.41) is 15.0. The topological polar surface area (TPSA) is 101 Å². The second-order valence-corrected chi connectivity index (χ2v) is 7.14. The molecule has 7 heteroatoms. The zero-order chi connectivity index (χ0) is 22.7. The van der Waals surface area contributed by atoms with Gasteiger partial charge in [0, 0.05) is 5.56 Å². The summed E-state index contributed by atoms with van der Waals surface area (Å²) in [4.78, 5) is 23.7. The molecule has 0 unspecified atom stereocenters. The number of carboxylic acids is 1. The maximum Gasteiger partial charge on any atom is 0.335 e. The summed E-state index contributed by atoms with van der Waals surface area (Å²) in [7, 11) is 1.51. The third-order valence-corrected chi connectivity index (χ3v) is 5.04. The number of hydrazone groups is 1. The molecule has 0 bridgehead atoms. The van der Waals surface area contributed by atoms with Crippen LogP contribution in [-0.4, -0.2) is 30.3 Å². The van der Waals surface area contributed by atoms with Crippen LogP contribution in [0.1, 0.15) is 32.0 Å². The molecule has 0 radical (unpaired) electrons. The van der Waals surface area contributed by atoms with Gasteiger partial charge in [0.05, 0.1) is 24.5 Å². The van der Waals surface area contributed by atoms with Crippen molar-refractivity contribution in [3.63, 3.8) is 0 Å². The Labute approximate surface area is 183 Å². The second-order valence-electron chi connectivity index (χ2n) is 7.14. The van der Waals surface area contributed by atoms with Crippen molar-refractivity contribution in [3.05, 3.63) is 89.2 Å². The van der Waals surface area contributed by atoms with Crippen LogP contribution in [0.5, 0.6) is 5.75 Å². The van der Waals surface area contributed by atoms with Crippen molar-refractivity contribution < 1.29 is 23.8 Å². The third-order valence-electron chi connectivity index (χ3n) is 5.04. The molecule has 2 N–H and O–H groups in total. The number of nitrogens with one attached hydrogen (secondary N) is 1. The first kappa shape index (κ1) is 20.9. The van der Waals surface area contributed by atoms with Crippen LogP contribution < -0.4 is 10.2 Å². The maximum absolute atomic E-state index is 12.6. The van der Waals surface area contributed by atoms with Crippen LogP contribution in [-0.2, 0) is 0 Å². The first-order valence-corrected chi connectivity index (χ1v) is 9.80. The maximum atomic E-state index is 12.6. The fraction of sp³-hybridized carbons (Fsp3) is 0.0800. The minimum absolute atomic E-state index is 0.214. The van der Waals surface area contributed by atoms with Crippen molar-refractivity contribution >= 4 is 28.9 Å². The van der Waals surface area contributed by atoms with Gasteiger partial charge in [-0.15, -0.1) is 0 Å². The van der Waals surface area contributed by atoms with Crippen LogP contribution in [0.25, 0.3) is 22.1 Å². The number of furan rings is 1. The molecule has 4 rings (SSSR count). The van der Waals surface area contributed by atoms with E-state index in [4.69, 9.17) is 14.3 Å². The van der Waals surface area contributed by atoms with E-state index >= 15 is 0 Å². The molecule has 160 valence electrons. The van der Waals surface area contributed by atoms with Crippen molar-refractivity contribution in [2.75, 3.05) is 7.11 Å². The van der Waals surface area contributed by atoms with Gasteiger partial charge in [0.1, 0.15) is 17.3 Å². The molecule has 0 fully saturated rings. The lowest BCUT2D eigenvalue weighted by Crippen LogP contribution is -2.18. The smallest absolute Gasteiger partial charge is 0.335 e. The number of aryl methyl sites for hydroxylation is 1. The molecule has 0 atom stereocenters. The second kappa shape index (κ2) is 8.77. The number of amides is 1. The van der Waals surface area contributed by atoms with Crippen molar-refractivity contribution in [2.45, 2.75) is 6.92 Å². The fourth-order valence-corrected chi connectivity index (χ4v) is 3.42. The zero-order valence-electron chi connectivity index (χ0n) is 17.5. The summed E-state index contributed by atoms with van der Waals surface area (Å²) in [5.41, 5.74) is 4.63. The molecule has 0 saturated heterocycles. The molecule has 3 aromatic carbocycles. The van der Waals surface area contributed by atoms with Gasteiger partial charge in [0.2, 0.25) is 0 Å². The lowest BCUT2D eigenvalue weighted by molar-refractivity contribution is 0.0696. The average Bonchev–Trinajstić information content (AvgIpc) is 3.26. The number of carbonyl (C=O) groups excluding carboxylic acids is 1. The lowest BCUT2D eigenvalue weighted by Gasteiger charge is -2.09. The van der Waals surface area contributed by atoms with E-state index < -0.39 is 11.9 Å². The van der Waals surface area contributed by atoms with E-state index in [0.717, 1.165) is 21.9 Å². The first-order chi connectivity index (χ1) is 15.5. The Balaban J connectivity index is 1.50. The van der Waals surface area contributed by atoms with Gasteiger partial charge in [0.15, 0.2) is 0 Å². The highest BCUT2D eigenvalue weighted by atomic mass is 16.5. The molecular formula is C25H20N2O5. The van der Waals surface area contributed by atoms with E-state index in [0.29, 0.717) is 22.8 Å². The highest BCUT2D eigenvalue weighted by molar-refractivity contribution is 6.01. The molecule has 0 aliphatic carbocycles. The predicted molar refractivity (Wildman–Crippen MR) is 121 cm³/mol. The molecular weight excluding hydrogens is 408 g/mol. The number of fused-ring (bicyclic) bond motifs is 1. The van der Waals surface area contributed by atoms with Gasteiger partial charge in [-0.05, 0) is 59.7 Å². The fourth-order valence-electron chi connectivity index (χ4n) is 3.42. The summed E-state index contributed by atoms with van der Waals surface area (Å²) in [6.07, 6.45) is 1.40. The van der Waals surface area contributed by atoms with Gasteiger partial charge in [-0.3, -0.25) is 4.79 Å². The van der Waals surface area contributed by atoms with Crippen LogP contribution in [0.2, 0.25) is 0 Å². The van der Waals surface area contributed by atoms with Gasteiger partial charge in [0.25, 0.3) is 5.91 Å². The predicted octanol–water partition coefficient (Wildman–Crippen LogP) is 4.88. The third kappa shape index (κ3) is 4.22. The summed E-state index contributed by atoms with van der Waals surface area (Å²) in [6, 6.07) is 19.6. The number of nitrogens with zero attached hydrogens (tertiary/aromatic N) is 1. The quantitative estimate of drug-likeness (QED) is 0.337. The van der Waals surface area contributed by atoms with Crippen LogP contribution in [0, 0.1) is 6.92 Å². The van der Waals surface area contributed by atoms with Gasteiger partial charge in [-0.2, -0.15) is 5.10 Å². The number of carboxylic acid groups (broad SMARTS) is 1. The van der Waals surface area contributed by atoms with Crippen molar-refractivity contribution in [1.82, 2.24) is 5.43 Å². The van der Waals surface area contributed by atoms with E-state index in [1.165, 1.54) is 19.4 Å². The Morgan fingerprint density at radius 2 is 1.78 bits per heavy atom. The number of benzene rings is 3. The van der Waals surface area contributed by atoms with Gasteiger partial charge in [-0.1, -0.05) is 30.3 Å². The highest BCUT2D eigenvalue weighted by Gasteiger charge is 2.14. The zero-order valence-corrected chi connectivity index (χ0v) is 17.5. The number of methoxy groups -OCH3 is 1. The van der Waals surface area contributed by atoms with Crippen molar-refractivity contribution in [1.29, 1.82) is 0 Å². The van der Waals surface area contributed by atoms with E-state index in [-0.39, 0.29) is 5.56 Å². The summed E-state index contributed by atoms with van der Waals surface area (Å²) in [5.74, 6) is 0.0781. The standard InChI is InChI=1S/C25H20N2O5/c1-15-11-18(25(29)30)7-9-20(15)22-10-8-19(32-22)14-26-27-24(28)21-12-16-5-3-4-6-17(16)13-23(21)31-2/h3-14H,1-2H3,(H,27,28)(H,29,30). The van der Waals surface area contributed by atoms with Crippen molar-refractivity contribution in [3.8, 4) is 17.1 Å². The van der Waals surface area contributed by atoms with Crippen molar-refractivity contribution in [2.24, 2.45) is 5.10 Å². The van der Waals surface area contributed by atoms with E-state index in [2.05, 4.69) is 10.5 Å². The number of carbonyl (C=O) groups is 2. The highest BCUT2D eigenvalue weighted by Crippen LogP contribution is 2.27. The summed E-state index contributed by atoms with van der Waals surface area (Å²) in [6.45, 7) is 1.81. The van der Waals surface area contributed by atoms with Gasteiger partial charge in [-0.25, -0.2) is 10.2 Å². The molecule has 0 aliphatic rings. The molecule has 4 aromatic rings. The molecule has 1 aromatic heterocycles. The Morgan fingerprint density at radius 3 is 2.47 bits per heavy atom. The minimum atomic E-state index is -0.981. The molecule has 1 amide bonds. The number of hydrogen-bond acceptors (Lipinski definition) is 5. The van der Waals surface area contributed by atoms with Crippen LogP contribution >= 0.6 is 0 Å². The van der Waals surface area contributed by atoms with Gasteiger partial charge < -0.3 is 14.3 Å². The first-order valence-electron chi connectivity index (χ1n) is 9.80. The van der Waals surface area contributed by atoms with E-state index in [1.54, 1.807) is 30.3 Å². The number of ether oxygens (including phenoxy) is 1. The SMILES string of the molecule is COc1cc2ccccc2cc1C(=O)NN=Cc1ccc(-c2ccc(C(=O)O)cc2C)o1. The molecule has 0 spiro atoms. The number of rotatable bonds is 6. The Bertz CT molecular complexity index is 1350. The van der Waals surface area contributed by atoms with E-state index in [9.17, 15) is 9.59 Å². The lowest BCUT2D eigenvalue weighted by atomic mass is 10.0. The Kier molecular flexibility index (Phi) is 5.72. The van der Waals surface area contributed by atoms with Crippen LogP contribution in [0.3, 0.4) is 0 Å². The average molecular weight is 428 g/mol. The minimum Gasteiger partial charge on any atom is -0.496 e. The van der Waals surface area contributed by atoms with Crippen LogP contribution in [0.4, 0.5) is 0 Å². The summed E-state index contributed by atoms with van der Waals surface area (Å²) >= 11 is 0. The Morgan fingerprint density at radius 1 is 1.03 bits per heavy atom. The van der Waals surface area contributed by atoms with Gasteiger partial charge >= 0.3 is 5.97 Å². The molecule has 7 nitrogen and oxygen atoms in total. The summed E-state index contributed by atoms with van der Waals surface area (Å²) < 4.78 is 11.1.